The molecule has 0 bridgehead atoms. The zero-order chi connectivity index (χ0) is 17.9. The summed E-state index contributed by atoms with van der Waals surface area (Å²) >= 11 is 0. The van der Waals surface area contributed by atoms with Gasteiger partial charge >= 0.3 is 0 Å². The summed E-state index contributed by atoms with van der Waals surface area (Å²) in [7, 11) is -3.25. The van der Waals surface area contributed by atoms with Crippen molar-refractivity contribution in [1.82, 2.24) is 4.98 Å². The van der Waals surface area contributed by atoms with Crippen LogP contribution in [0.25, 0.3) is 0 Å². The molecule has 0 radical (unpaired) electrons. The summed E-state index contributed by atoms with van der Waals surface area (Å²) < 4.78 is 24.9. The van der Waals surface area contributed by atoms with E-state index >= 15 is 0 Å². The fourth-order valence-electron chi connectivity index (χ4n) is 3.02. The van der Waals surface area contributed by atoms with Gasteiger partial charge in [0.1, 0.15) is 0 Å². The first-order valence-electron chi connectivity index (χ1n) is 8.23. The Labute approximate surface area is 147 Å². The summed E-state index contributed by atoms with van der Waals surface area (Å²) in [5, 5.41) is 2.89. The molecular weight excluding hydrogens is 338 g/mol. The number of nitrogens with one attached hydrogen (secondary N) is 1. The summed E-state index contributed by atoms with van der Waals surface area (Å²) in [6.45, 7) is 0.455. The molecule has 1 aromatic heterocycles. The van der Waals surface area contributed by atoms with Crippen LogP contribution < -0.4 is 9.62 Å². The molecule has 0 unspecified atom stereocenters. The molecule has 132 valence electrons. The lowest BCUT2D eigenvalue weighted by molar-refractivity contribution is -0.116. The maximum Gasteiger partial charge on any atom is 0.232 e. The number of hydrogen-bond donors (Lipinski definition) is 1. The Balaban J connectivity index is 1.56. The molecule has 1 aromatic carbocycles. The predicted octanol–water partition coefficient (Wildman–Crippen LogP) is 2.37. The van der Waals surface area contributed by atoms with Crippen LogP contribution in [-0.2, 0) is 27.7 Å². The SMILES string of the molecule is CS(=O)(=O)N1CCc2cc(NC(=O)CCCc3cccnc3)ccc21. The fourth-order valence-corrected chi connectivity index (χ4v) is 3.97. The molecule has 0 aliphatic carbocycles. The number of carbonyl (C=O) groups excluding carboxylic acids is 1. The molecule has 2 aromatic rings. The van der Waals surface area contributed by atoms with Crippen LogP contribution >= 0.6 is 0 Å². The first-order valence-corrected chi connectivity index (χ1v) is 10.1. The van der Waals surface area contributed by atoms with Crippen LogP contribution in [0.4, 0.5) is 11.4 Å². The Morgan fingerprint density at radius 2 is 2.16 bits per heavy atom. The van der Waals surface area contributed by atoms with E-state index in [2.05, 4.69) is 10.3 Å². The molecule has 1 N–H and O–H groups in total. The second kappa shape index (κ2) is 7.23. The van der Waals surface area contributed by atoms with Gasteiger partial charge in [-0.15, -0.1) is 0 Å². The van der Waals surface area contributed by atoms with E-state index in [0.29, 0.717) is 30.8 Å². The number of pyridine rings is 1. The number of aromatic nitrogens is 1. The molecule has 3 rings (SSSR count). The number of rotatable bonds is 6. The smallest absolute Gasteiger partial charge is 0.232 e. The van der Waals surface area contributed by atoms with Crippen molar-refractivity contribution < 1.29 is 13.2 Å². The van der Waals surface area contributed by atoms with E-state index < -0.39 is 10.0 Å². The van der Waals surface area contributed by atoms with E-state index in [1.54, 1.807) is 18.3 Å². The Kier molecular flexibility index (Phi) is 5.03. The van der Waals surface area contributed by atoms with Crippen LogP contribution in [0.3, 0.4) is 0 Å². The monoisotopic (exact) mass is 359 g/mol. The molecule has 7 heteroatoms. The highest BCUT2D eigenvalue weighted by Crippen LogP contribution is 2.32. The zero-order valence-electron chi connectivity index (χ0n) is 14.1. The van der Waals surface area contributed by atoms with Gasteiger partial charge in [0.05, 0.1) is 11.9 Å². The maximum atomic E-state index is 12.1. The van der Waals surface area contributed by atoms with Crippen molar-refractivity contribution in [1.29, 1.82) is 0 Å². The molecular formula is C18H21N3O3S. The lowest BCUT2D eigenvalue weighted by atomic mass is 10.1. The van der Waals surface area contributed by atoms with Gasteiger partial charge in [0, 0.05) is 31.0 Å². The molecule has 1 aliphatic rings. The lowest BCUT2D eigenvalue weighted by Crippen LogP contribution is -2.27. The third-order valence-corrected chi connectivity index (χ3v) is 5.39. The quantitative estimate of drug-likeness (QED) is 0.859. The molecule has 0 saturated heterocycles. The highest BCUT2D eigenvalue weighted by molar-refractivity contribution is 7.92. The molecule has 25 heavy (non-hydrogen) atoms. The number of anilines is 2. The largest absolute Gasteiger partial charge is 0.326 e. The second-order valence-electron chi connectivity index (χ2n) is 6.19. The highest BCUT2D eigenvalue weighted by Gasteiger charge is 2.26. The summed E-state index contributed by atoms with van der Waals surface area (Å²) in [5.41, 5.74) is 3.48. The van der Waals surface area contributed by atoms with Gasteiger partial charge in [-0.25, -0.2) is 8.42 Å². The third-order valence-electron chi connectivity index (χ3n) is 4.21. The number of carbonyl (C=O) groups is 1. The molecule has 0 spiro atoms. The van der Waals surface area contributed by atoms with Gasteiger partial charge in [0.2, 0.25) is 15.9 Å². The van der Waals surface area contributed by atoms with Gasteiger partial charge in [0.15, 0.2) is 0 Å². The normalized spacial score (nSPS) is 13.6. The molecule has 1 aliphatic heterocycles. The van der Waals surface area contributed by atoms with Gasteiger partial charge in [-0.2, -0.15) is 0 Å². The molecule has 1 amide bonds. The van der Waals surface area contributed by atoms with Crippen molar-refractivity contribution in [3.63, 3.8) is 0 Å². The summed E-state index contributed by atoms with van der Waals surface area (Å²) in [5.74, 6) is -0.0400. The zero-order valence-corrected chi connectivity index (χ0v) is 14.9. The van der Waals surface area contributed by atoms with Crippen LogP contribution in [0.15, 0.2) is 42.7 Å². The van der Waals surface area contributed by atoms with Crippen LogP contribution in [0.5, 0.6) is 0 Å². The van der Waals surface area contributed by atoms with Crippen molar-refractivity contribution >= 4 is 27.3 Å². The van der Waals surface area contributed by atoms with Crippen LogP contribution in [0.2, 0.25) is 0 Å². The van der Waals surface area contributed by atoms with E-state index in [1.807, 2.05) is 24.4 Å². The van der Waals surface area contributed by atoms with Crippen LogP contribution in [-0.4, -0.2) is 32.1 Å². The van der Waals surface area contributed by atoms with Crippen molar-refractivity contribution in [2.45, 2.75) is 25.7 Å². The summed E-state index contributed by atoms with van der Waals surface area (Å²) in [6.07, 6.45) is 7.41. The van der Waals surface area contributed by atoms with E-state index in [-0.39, 0.29) is 5.91 Å². The van der Waals surface area contributed by atoms with E-state index in [0.717, 1.165) is 24.0 Å². The van der Waals surface area contributed by atoms with E-state index in [1.165, 1.54) is 10.6 Å². The number of fused-ring (bicyclic) bond motifs is 1. The minimum Gasteiger partial charge on any atom is -0.326 e. The number of sulfonamides is 1. The average molecular weight is 359 g/mol. The van der Waals surface area contributed by atoms with Gasteiger partial charge in [-0.3, -0.25) is 14.1 Å². The number of amides is 1. The molecule has 6 nitrogen and oxygen atoms in total. The highest BCUT2D eigenvalue weighted by atomic mass is 32.2. The average Bonchev–Trinajstić information content (AvgIpc) is 2.99. The van der Waals surface area contributed by atoms with Gasteiger partial charge in [0.25, 0.3) is 0 Å². The van der Waals surface area contributed by atoms with Gasteiger partial charge < -0.3 is 5.32 Å². The van der Waals surface area contributed by atoms with Gasteiger partial charge in [-0.05, 0) is 54.7 Å². The van der Waals surface area contributed by atoms with Gasteiger partial charge in [-0.1, -0.05) is 6.07 Å². The minimum atomic E-state index is -3.25. The van der Waals surface area contributed by atoms with Crippen molar-refractivity contribution in [2.75, 3.05) is 22.4 Å². The molecule has 0 atom stereocenters. The van der Waals surface area contributed by atoms with Crippen LogP contribution in [0, 0.1) is 0 Å². The number of aryl methyl sites for hydroxylation is 1. The Morgan fingerprint density at radius 3 is 2.88 bits per heavy atom. The topological polar surface area (TPSA) is 79.4 Å². The van der Waals surface area contributed by atoms with E-state index in [9.17, 15) is 13.2 Å². The molecule has 0 fully saturated rings. The first-order chi connectivity index (χ1) is 11.9. The van der Waals surface area contributed by atoms with Crippen molar-refractivity contribution in [2.24, 2.45) is 0 Å². The standard InChI is InChI=1S/C18H21N3O3S/c1-25(23,24)21-11-9-15-12-16(7-8-17(15)21)20-18(22)6-2-4-14-5-3-10-19-13-14/h3,5,7-8,10,12-13H,2,4,6,9,11H2,1H3,(H,20,22). The Bertz CT molecular complexity index is 866. The Morgan fingerprint density at radius 1 is 1.32 bits per heavy atom. The number of hydrogen-bond acceptors (Lipinski definition) is 4. The number of nitrogens with zero attached hydrogens (tertiary/aromatic N) is 2. The molecule has 0 saturated carbocycles. The Hall–Kier alpha value is -2.41. The maximum absolute atomic E-state index is 12.1. The van der Waals surface area contributed by atoms with Crippen molar-refractivity contribution in [3.05, 3.63) is 53.9 Å². The number of benzene rings is 1. The van der Waals surface area contributed by atoms with Crippen LogP contribution in [0.1, 0.15) is 24.0 Å². The minimum absolute atomic E-state index is 0.0400. The predicted molar refractivity (Wildman–Crippen MR) is 98.1 cm³/mol. The van der Waals surface area contributed by atoms with Crippen molar-refractivity contribution in [3.8, 4) is 0 Å². The van der Waals surface area contributed by atoms with E-state index in [4.69, 9.17) is 0 Å². The summed E-state index contributed by atoms with van der Waals surface area (Å²) in [4.78, 5) is 16.2. The third kappa shape index (κ3) is 4.36. The first kappa shape index (κ1) is 17.4. The lowest BCUT2D eigenvalue weighted by Gasteiger charge is -2.16. The second-order valence-corrected chi connectivity index (χ2v) is 8.10. The molecule has 2 heterocycles. The summed E-state index contributed by atoms with van der Waals surface area (Å²) in [6, 6.07) is 9.26. The fraction of sp³-hybridized carbons (Fsp3) is 0.333.